The summed E-state index contributed by atoms with van der Waals surface area (Å²) in [6, 6.07) is 12.3. The highest BCUT2D eigenvalue weighted by molar-refractivity contribution is 5.83. The molecule has 0 atom stereocenters. The molecule has 3 heterocycles. The molecule has 4 aromatic rings. The highest BCUT2D eigenvalue weighted by Crippen LogP contribution is 2.28. The minimum absolute atomic E-state index is 0.0653. The summed E-state index contributed by atoms with van der Waals surface area (Å²) in [6.45, 7) is 5.63. The highest BCUT2D eigenvalue weighted by Gasteiger charge is 2.20. The van der Waals surface area contributed by atoms with E-state index in [1.165, 1.54) is 5.56 Å². The van der Waals surface area contributed by atoms with Gasteiger partial charge in [0.05, 0.1) is 12.1 Å². The quantitative estimate of drug-likeness (QED) is 0.528. The van der Waals surface area contributed by atoms with E-state index >= 15 is 0 Å². The first kappa shape index (κ1) is 19.4. The monoisotopic (exact) mass is 417 g/mol. The van der Waals surface area contributed by atoms with E-state index in [-0.39, 0.29) is 6.54 Å². The Morgan fingerprint density at radius 2 is 2.00 bits per heavy atom. The Balaban J connectivity index is 1.40. The molecular weight excluding hydrogens is 394 g/mol. The largest absolute Gasteiger partial charge is 0.480 e. The van der Waals surface area contributed by atoms with E-state index < -0.39 is 5.97 Å². The summed E-state index contributed by atoms with van der Waals surface area (Å²) in [5, 5.41) is 18.8. The molecular formula is C23H23N5O3. The summed E-state index contributed by atoms with van der Waals surface area (Å²) in [4.78, 5) is 17.5. The van der Waals surface area contributed by atoms with E-state index in [1.807, 2.05) is 46.1 Å². The van der Waals surface area contributed by atoms with Crippen LogP contribution in [0, 0.1) is 0 Å². The second-order valence-electron chi connectivity index (χ2n) is 8.24. The van der Waals surface area contributed by atoms with Crippen molar-refractivity contribution in [3.05, 3.63) is 53.7 Å². The van der Waals surface area contributed by atoms with Crippen LogP contribution in [0.4, 0.5) is 0 Å². The molecule has 1 aliphatic rings. The maximum Gasteiger partial charge on any atom is 0.317 e. The third-order valence-electron chi connectivity index (χ3n) is 5.64. The molecule has 1 aliphatic heterocycles. The number of nitrogens with zero attached hydrogens (tertiary/aromatic N) is 5. The van der Waals surface area contributed by atoms with E-state index in [4.69, 9.17) is 9.63 Å². The van der Waals surface area contributed by atoms with E-state index in [9.17, 15) is 4.79 Å². The lowest BCUT2D eigenvalue weighted by atomic mass is 9.97. The first-order valence-corrected chi connectivity index (χ1v) is 10.4. The summed E-state index contributed by atoms with van der Waals surface area (Å²) in [6.07, 6.45) is 2.83. The molecule has 0 aliphatic carbocycles. The average molecular weight is 417 g/mol. The lowest BCUT2D eigenvalue weighted by Gasteiger charge is -2.27. The predicted octanol–water partition coefficient (Wildman–Crippen LogP) is 3.78. The van der Waals surface area contributed by atoms with Gasteiger partial charge in [-0.1, -0.05) is 17.3 Å². The molecule has 2 aromatic heterocycles. The third kappa shape index (κ3) is 3.82. The van der Waals surface area contributed by atoms with Gasteiger partial charge in [0, 0.05) is 41.8 Å². The zero-order valence-electron chi connectivity index (χ0n) is 17.4. The molecule has 0 spiro atoms. The van der Waals surface area contributed by atoms with Crippen molar-refractivity contribution >= 4 is 16.9 Å². The fourth-order valence-corrected chi connectivity index (χ4v) is 3.98. The summed E-state index contributed by atoms with van der Waals surface area (Å²) < 4.78 is 7.49. The number of hydrogen-bond donors (Lipinski definition) is 1. The van der Waals surface area contributed by atoms with Crippen molar-refractivity contribution in [1.82, 2.24) is 24.8 Å². The van der Waals surface area contributed by atoms with Crippen molar-refractivity contribution in [3.8, 4) is 22.8 Å². The molecule has 0 amide bonds. The normalized spacial score (nSPS) is 14.3. The van der Waals surface area contributed by atoms with Gasteiger partial charge < -0.3 is 9.63 Å². The van der Waals surface area contributed by atoms with E-state index in [0.29, 0.717) is 24.3 Å². The second kappa shape index (κ2) is 7.63. The fraction of sp³-hybridized carbons (Fsp3) is 0.304. The molecule has 2 aromatic carbocycles. The summed E-state index contributed by atoms with van der Waals surface area (Å²) in [7, 11) is 0. The van der Waals surface area contributed by atoms with Crippen LogP contribution in [0.1, 0.15) is 31.0 Å². The highest BCUT2D eigenvalue weighted by atomic mass is 16.5. The first-order valence-electron chi connectivity index (χ1n) is 10.4. The van der Waals surface area contributed by atoms with Gasteiger partial charge in [0.2, 0.25) is 5.82 Å². The van der Waals surface area contributed by atoms with Crippen LogP contribution in [0.15, 0.2) is 47.1 Å². The molecule has 0 bridgehead atoms. The van der Waals surface area contributed by atoms with Crippen LogP contribution in [0.3, 0.4) is 0 Å². The number of fused-ring (bicyclic) bond motifs is 2. The van der Waals surface area contributed by atoms with Gasteiger partial charge in [-0.05, 0) is 55.7 Å². The smallest absolute Gasteiger partial charge is 0.317 e. The third-order valence-corrected chi connectivity index (χ3v) is 5.64. The molecule has 31 heavy (non-hydrogen) atoms. The Labute approximate surface area is 179 Å². The van der Waals surface area contributed by atoms with Crippen molar-refractivity contribution in [2.75, 3.05) is 13.1 Å². The summed E-state index contributed by atoms with van der Waals surface area (Å²) in [5.74, 6) is 0.220. The molecule has 158 valence electrons. The second-order valence-corrected chi connectivity index (χ2v) is 8.24. The van der Waals surface area contributed by atoms with E-state index in [1.54, 1.807) is 0 Å². The molecule has 1 N–H and O–H groups in total. The topological polar surface area (TPSA) is 97.3 Å². The molecule has 8 heteroatoms. The number of carboxylic acid groups (broad SMARTS) is 1. The zero-order valence-corrected chi connectivity index (χ0v) is 17.4. The Bertz CT molecular complexity index is 1270. The predicted molar refractivity (Wildman–Crippen MR) is 115 cm³/mol. The van der Waals surface area contributed by atoms with Crippen LogP contribution >= 0.6 is 0 Å². The van der Waals surface area contributed by atoms with Gasteiger partial charge in [0.1, 0.15) is 0 Å². The Morgan fingerprint density at radius 1 is 1.16 bits per heavy atom. The summed E-state index contributed by atoms with van der Waals surface area (Å²) >= 11 is 0. The number of aliphatic carboxylic acids is 1. The van der Waals surface area contributed by atoms with Crippen LogP contribution in [0.25, 0.3) is 33.7 Å². The van der Waals surface area contributed by atoms with Crippen LogP contribution in [0.2, 0.25) is 0 Å². The van der Waals surface area contributed by atoms with Crippen molar-refractivity contribution in [3.63, 3.8) is 0 Å². The SMILES string of the molecule is CC(C)n1cc2cc(-c3nc(-c4ccc5c(c4)CCN(CC(=O)O)C5)no3)ccc2n1. The van der Waals surface area contributed by atoms with Gasteiger partial charge in [0.25, 0.3) is 5.89 Å². The number of carboxylic acids is 1. The molecule has 0 fully saturated rings. The molecule has 5 rings (SSSR count). The van der Waals surface area contributed by atoms with Crippen LogP contribution in [-0.2, 0) is 17.8 Å². The molecule has 8 nitrogen and oxygen atoms in total. The number of rotatable bonds is 5. The maximum absolute atomic E-state index is 11.0. The first-order chi connectivity index (χ1) is 15.0. The minimum atomic E-state index is -0.797. The zero-order chi connectivity index (χ0) is 21.5. The standard InChI is InChI=1S/C23H23N5O3/c1-14(2)28-12-19-10-17(5-6-20(19)25-28)23-24-22(26-31-23)16-3-4-18-11-27(13-21(29)30)8-7-15(18)9-16/h3-6,9-10,12,14H,7-8,11,13H2,1-2H3,(H,29,30). The van der Waals surface area contributed by atoms with E-state index in [0.717, 1.165) is 40.6 Å². The Hall–Kier alpha value is -3.52. The number of carbonyl (C=O) groups is 1. The van der Waals surface area contributed by atoms with Gasteiger partial charge in [-0.3, -0.25) is 14.4 Å². The average Bonchev–Trinajstić information content (AvgIpc) is 3.40. The van der Waals surface area contributed by atoms with Crippen molar-refractivity contribution < 1.29 is 14.4 Å². The lowest BCUT2D eigenvalue weighted by molar-refractivity contribution is -0.138. The lowest BCUT2D eigenvalue weighted by Crippen LogP contribution is -2.34. The number of hydrogen-bond acceptors (Lipinski definition) is 6. The van der Waals surface area contributed by atoms with Crippen LogP contribution in [-0.4, -0.2) is 49.0 Å². The minimum Gasteiger partial charge on any atom is -0.480 e. The van der Waals surface area contributed by atoms with Gasteiger partial charge in [-0.15, -0.1) is 0 Å². The van der Waals surface area contributed by atoms with Crippen LogP contribution < -0.4 is 0 Å². The Kier molecular flexibility index (Phi) is 4.78. The van der Waals surface area contributed by atoms with Gasteiger partial charge in [-0.25, -0.2) is 0 Å². The molecule has 0 saturated carbocycles. The van der Waals surface area contributed by atoms with Crippen molar-refractivity contribution in [1.29, 1.82) is 0 Å². The Morgan fingerprint density at radius 3 is 2.81 bits per heavy atom. The molecule has 0 unspecified atom stereocenters. The molecule has 0 radical (unpaired) electrons. The van der Waals surface area contributed by atoms with E-state index in [2.05, 4.69) is 35.2 Å². The van der Waals surface area contributed by atoms with Crippen molar-refractivity contribution in [2.45, 2.75) is 32.9 Å². The maximum atomic E-state index is 11.0. The van der Waals surface area contributed by atoms with Gasteiger partial charge >= 0.3 is 5.97 Å². The number of aromatic nitrogens is 4. The molecule has 0 saturated heterocycles. The van der Waals surface area contributed by atoms with Gasteiger partial charge in [0.15, 0.2) is 0 Å². The van der Waals surface area contributed by atoms with Crippen LogP contribution in [0.5, 0.6) is 0 Å². The number of benzene rings is 2. The van der Waals surface area contributed by atoms with Crippen molar-refractivity contribution in [2.24, 2.45) is 0 Å². The summed E-state index contributed by atoms with van der Waals surface area (Å²) in [5.41, 5.74) is 5.04. The van der Waals surface area contributed by atoms with Gasteiger partial charge in [-0.2, -0.15) is 10.1 Å². The fourth-order valence-electron chi connectivity index (χ4n) is 3.98.